The van der Waals surface area contributed by atoms with Crippen molar-refractivity contribution in [3.05, 3.63) is 96.1 Å². The highest BCUT2D eigenvalue weighted by Crippen LogP contribution is 2.36. The Morgan fingerprint density at radius 3 is 2.21 bits per heavy atom. The van der Waals surface area contributed by atoms with Crippen molar-refractivity contribution in [1.29, 1.82) is 0 Å². The molecule has 168 valence electrons. The molecule has 2 N–H and O–H groups in total. The molecule has 1 aromatic heterocycles. The molecular weight excluding hydrogens is 417 g/mol. The van der Waals surface area contributed by atoms with E-state index in [0.29, 0.717) is 6.54 Å². The number of β-amino-alcohol motifs (C(OH)–C–C–N with tert-alkyl or cyclic N) is 1. The summed E-state index contributed by atoms with van der Waals surface area (Å²) >= 11 is 0. The summed E-state index contributed by atoms with van der Waals surface area (Å²) in [6, 6.07) is 21.0. The Labute approximate surface area is 192 Å². The standard InChI is InChI=1S/C27H26FN3O2/c1-33-26-13-21(20-4-2-18(3-5-20)19-6-8-24(28)9-7-19)12-22(14-26)27(23-15-29-30-16-23)31-11-10-25(32)17-31/h2-9,12-16,25,27,32H,10-11,17H2,1H3,(H,29,30). The Kier molecular flexibility index (Phi) is 5.94. The van der Waals surface area contributed by atoms with Gasteiger partial charge in [0.25, 0.3) is 0 Å². The lowest BCUT2D eigenvalue weighted by Gasteiger charge is -2.28. The van der Waals surface area contributed by atoms with Crippen LogP contribution in [0.1, 0.15) is 23.6 Å². The lowest BCUT2D eigenvalue weighted by atomic mass is 9.94. The third kappa shape index (κ3) is 4.53. The smallest absolute Gasteiger partial charge is 0.123 e. The van der Waals surface area contributed by atoms with Gasteiger partial charge in [0.05, 0.1) is 25.5 Å². The molecule has 4 aromatic rings. The Balaban J connectivity index is 1.52. The molecular formula is C27H26FN3O2. The molecule has 0 spiro atoms. The second-order valence-electron chi connectivity index (χ2n) is 8.45. The van der Waals surface area contributed by atoms with Gasteiger partial charge in [-0.25, -0.2) is 4.39 Å². The number of methoxy groups -OCH3 is 1. The molecule has 0 radical (unpaired) electrons. The Morgan fingerprint density at radius 1 is 0.970 bits per heavy atom. The number of halogens is 1. The van der Waals surface area contributed by atoms with E-state index in [1.54, 1.807) is 19.2 Å². The number of aliphatic hydroxyl groups excluding tert-OH is 1. The first-order valence-corrected chi connectivity index (χ1v) is 11.1. The molecule has 1 fully saturated rings. The highest BCUT2D eigenvalue weighted by molar-refractivity contribution is 5.72. The zero-order chi connectivity index (χ0) is 22.8. The summed E-state index contributed by atoms with van der Waals surface area (Å²) in [7, 11) is 1.67. The van der Waals surface area contributed by atoms with E-state index >= 15 is 0 Å². The molecule has 0 aliphatic carbocycles. The molecule has 33 heavy (non-hydrogen) atoms. The van der Waals surface area contributed by atoms with Crippen LogP contribution in [0.3, 0.4) is 0 Å². The average Bonchev–Trinajstić information content (AvgIpc) is 3.52. The number of nitrogens with one attached hydrogen (secondary N) is 1. The number of nitrogens with zero attached hydrogens (tertiary/aromatic N) is 2. The lowest BCUT2D eigenvalue weighted by molar-refractivity contribution is 0.167. The molecule has 0 bridgehead atoms. The third-order valence-electron chi connectivity index (χ3n) is 6.27. The average molecular weight is 444 g/mol. The van der Waals surface area contributed by atoms with Gasteiger partial charge in [0.15, 0.2) is 0 Å². The van der Waals surface area contributed by atoms with E-state index in [1.807, 2.05) is 30.6 Å². The number of likely N-dealkylation sites (tertiary alicyclic amines) is 1. The van der Waals surface area contributed by atoms with Crippen LogP contribution in [0, 0.1) is 5.82 Å². The molecule has 2 heterocycles. The summed E-state index contributed by atoms with van der Waals surface area (Å²) in [4.78, 5) is 2.28. The maximum Gasteiger partial charge on any atom is 0.123 e. The van der Waals surface area contributed by atoms with Gasteiger partial charge < -0.3 is 9.84 Å². The van der Waals surface area contributed by atoms with Crippen LogP contribution in [0.5, 0.6) is 5.75 Å². The van der Waals surface area contributed by atoms with Gasteiger partial charge in [-0.05, 0) is 64.6 Å². The summed E-state index contributed by atoms with van der Waals surface area (Å²) in [5, 5.41) is 17.2. The molecule has 5 nitrogen and oxygen atoms in total. The molecule has 2 unspecified atom stereocenters. The van der Waals surface area contributed by atoms with E-state index in [1.165, 1.54) is 12.1 Å². The van der Waals surface area contributed by atoms with Crippen molar-refractivity contribution >= 4 is 0 Å². The molecule has 1 aliphatic heterocycles. The number of aliphatic hydroxyl groups is 1. The molecule has 0 saturated carbocycles. The van der Waals surface area contributed by atoms with E-state index in [-0.39, 0.29) is 18.0 Å². The number of H-pyrrole nitrogens is 1. The molecule has 5 rings (SSSR count). The van der Waals surface area contributed by atoms with Crippen LogP contribution in [0.2, 0.25) is 0 Å². The zero-order valence-corrected chi connectivity index (χ0v) is 18.4. The fourth-order valence-electron chi connectivity index (χ4n) is 4.59. The van der Waals surface area contributed by atoms with Crippen LogP contribution >= 0.6 is 0 Å². The summed E-state index contributed by atoms with van der Waals surface area (Å²) in [6.45, 7) is 1.44. The normalized spacial score (nSPS) is 17.2. The summed E-state index contributed by atoms with van der Waals surface area (Å²) in [5.41, 5.74) is 6.25. The number of benzene rings is 3. The van der Waals surface area contributed by atoms with E-state index in [0.717, 1.165) is 52.1 Å². The first-order valence-electron chi connectivity index (χ1n) is 11.1. The van der Waals surface area contributed by atoms with Gasteiger partial charge in [-0.2, -0.15) is 5.10 Å². The van der Waals surface area contributed by atoms with E-state index in [2.05, 4.69) is 39.4 Å². The summed E-state index contributed by atoms with van der Waals surface area (Å²) in [6.07, 6.45) is 4.19. The highest BCUT2D eigenvalue weighted by Gasteiger charge is 2.30. The second-order valence-corrected chi connectivity index (χ2v) is 8.45. The predicted octanol–water partition coefficient (Wildman–Crippen LogP) is 5.05. The van der Waals surface area contributed by atoms with Gasteiger partial charge in [0.2, 0.25) is 0 Å². The number of ether oxygens (including phenoxy) is 1. The fraction of sp³-hybridized carbons (Fsp3) is 0.222. The molecule has 6 heteroatoms. The Hall–Kier alpha value is -3.48. The summed E-state index contributed by atoms with van der Waals surface area (Å²) in [5.74, 6) is 0.537. The highest BCUT2D eigenvalue weighted by atomic mass is 19.1. The van der Waals surface area contributed by atoms with Crippen molar-refractivity contribution in [1.82, 2.24) is 15.1 Å². The zero-order valence-electron chi connectivity index (χ0n) is 18.4. The molecule has 1 aliphatic rings. The fourth-order valence-corrected chi connectivity index (χ4v) is 4.59. The van der Waals surface area contributed by atoms with Gasteiger partial charge in [-0.15, -0.1) is 0 Å². The number of aromatic nitrogens is 2. The van der Waals surface area contributed by atoms with Crippen LogP contribution in [0.25, 0.3) is 22.3 Å². The minimum Gasteiger partial charge on any atom is -0.497 e. The molecule has 0 amide bonds. The van der Waals surface area contributed by atoms with E-state index < -0.39 is 0 Å². The van der Waals surface area contributed by atoms with Gasteiger partial charge in [-0.1, -0.05) is 36.4 Å². The monoisotopic (exact) mass is 443 g/mol. The number of rotatable bonds is 6. The quantitative estimate of drug-likeness (QED) is 0.438. The van der Waals surface area contributed by atoms with Crippen LogP contribution in [-0.4, -0.2) is 46.5 Å². The Bertz CT molecular complexity index is 1210. The van der Waals surface area contributed by atoms with Crippen molar-refractivity contribution < 1.29 is 14.2 Å². The van der Waals surface area contributed by atoms with E-state index in [4.69, 9.17) is 4.74 Å². The van der Waals surface area contributed by atoms with Crippen molar-refractivity contribution in [2.24, 2.45) is 0 Å². The number of aromatic amines is 1. The van der Waals surface area contributed by atoms with E-state index in [9.17, 15) is 9.50 Å². The number of hydrogen-bond acceptors (Lipinski definition) is 4. The van der Waals surface area contributed by atoms with Gasteiger partial charge >= 0.3 is 0 Å². The SMILES string of the molecule is COc1cc(-c2ccc(-c3ccc(F)cc3)cc2)cc(C(c2cn[nH]c2)N2CCC(O)C2)c1. The van der Waals surface area contributed by atoms with Crippen molar-refractivity contribution in [3.8, 4) is 28.0 Å². The van der Waals surface area contributed by atoms with Crippen LogP contribution in [0.15, 0.2) is 79.1 Å². The lowest BCUT2D eigenvalue weighted by Crippen LogP contribution is -2.28. The maximum absolute atomic E-state index is 13.3. The second kappa shape index (κ2) is 9.17. The molecule has 1 saturated heterocycles. The first-order chi connectivity index (χ1) is 16.1. The minimum absolute atomic E-state index is 0.0340. The van der Waals surface area contributed by atoms with Crippen molar-refractivity contribution in [2.75, 3.05) is 20.2 Å². The molecule has 2 atom stereocenters. The van der Waals surface area contributed by atoms with Gasteiger partial charge in [0, 0.05) is 24.8 Å². The minimum atomic E-state index is -0.316. The van der Waals surface area contributed by atoms with Crippen LogP contribution in [0.4, 0.5) is 4.39 Å². The van der Waals surface area contributed by atoms with Crippen molar-refractivity contribution in [2.45, 2.75) is 18.6 Å². The number of hydrogen-bond donors (Lipinski definition) is 2. The van der Waals surface area contributed by atoms with Gasteiger partial charge in [-0.3, -0.25) is 10.00 Å². The summed E-state index contributed by atoms with van der Waals surface area (Å²) < 4.78 is 18.9. The van der Waals surface area contributed by atoms with Crippen molar-refractivity contribution in [3.63, 3.8) is 0 Å². The molecule has 3 aromatic carbocycles. The topological polar surface area (TPSA) is 61.4 Å². The maximum atomic E-state index is 13.3. The van der Waals surface area contributed by atoms with Gasteiger partial charge in [0.1, 0.15) is 11.6 Å². The van der Waals surface area contributed by atoms with Crippen LogP contribution < -0.4 is 4.74 Å². The largest absolute Gasteiger partial charge is 0.497 e. The Morgan fingerprint density at radius 2 is 1.64 bits per heavy atom. The first kappa shape index (κ1) is 21.4. The predicted molar refractivity (Wildman–Crippen MR) is 126 cm³/mol. The van der Waals surface area contributed by atoms with Crippen LogP contribution in [-0.2, 0) is 0 Å². The third-order valence-corrected chi connectivity index (χ3v) is 6.27.